The fourth-order valence-corrected chi connectivity index (χ4v) is 3.81. The maximum Gasteiger partial charge on any atom is 0.647 e. The summed E-state index contributed by atoms with van der Waals surface area (Å²) in [6.45, 7) is 0. The van der Waals surface area contributed by atoms with Crippen molar-refractivity contribution in [2.75, 3.05) is 21.3 Å². The minimum Gasteiger partial charge on any atom is -0.386 e. The van der Waals surface area contributed by atoms with Gasteiger partial charge in [0.2, 0.25) is 0 Å². The van der Waals surface area contributed by atoms with Gasteiger partial charge in [0.25, 0.3) is 0 Å². The van der Waals surface area contributed by atoms with Gasteiger partial charge >= 0.3 is 15.6 Å². The molecule has 0 radical (unpaired) electrons. The van der Waals surface area contributed by atoms with Gasteiger partial charge in [-0.3, -0.25) is 13.6 Å². The molecular weight excluding hydrogens is 442 g/mol. The number of hydrogen-bond donors (Lipinski definition) is 0. The first-order chi connectivity index (χ1) is 14.9. The van der Waals surface area contributed by atoms with Crippen LogP contribution in [-0.2, 0) is 22.7 Å². The van der Waals surface area contributed by atoms with Crippen molar-refractivity contribution >= 4 is 15.6 Å². The zero-order chi connectivity index (χ0) is 22.6. The Labute approximate surface area is 181 Å². The van der Waals surface area contributed by atoms with Gasteiger partial charge in [0, 0.05) is 21.3 Å². The fraction of sp³-hybridized carbons (Fsp3) is 0.143. The molecule has 166 valence electrons. The first-order valence-electron chi connectivity index (χ1n) is 9.03. The van der Waals surface area contributed by atoms with Crippen molar-refractivity contribution in [3.63, 3.8) is 0 Å². The van der Waals surface area contributed by atoms with E-state index in [2.05, 4.69) is 13.6 Å². The van der Waals surface area contributed by atoms with Crippen LogP contribution in [0.25, 0.3) is 0 Å². The summed E-state index contributed by atoms with van der Waals surface area (Å²) in [4.78, 5) is 0. The molecule has 10 heteroatoms. The van der Waals surface area contributed by atoms with E-state index in [1.165, 1.54) is 21.3 Å². The van der Waals surface area contributed by atoms with E-state index in [0.29, 0.717) is 17.2 Å². The van der Waals surface area contributed by atoms with Crippen molar-refractivity contribution < 1.29 is 36.3 Å². The molecule has 0 saturated carbocycles. The maximum absolute atomic E-state index is 13.1. The zero-order valence-corrected chi connectivity index (χ0v) is 19.1. The minimum absolute atomic E-state index is 0.405. The molecule has 0 N–H and O–H groups in total. The van der Waals surface area contributed by atoms with Gasteiger partial charge in [0.1, 0.15) is 17.2 Å². The summed E-state index contributed by atoms with van der Waals surface area (Å²) < 4.78 is 53.3. The van der Waals surface area contributed by atoms with Gasteiger partial charge < -0.3 is 13.6 Å². The molecule has 0 spiro atoms. The SMILES string of the molecule is COP(=O)(OC)OC.O=P(Oc1ccccc1)(Oc1ccccc1)Oc1ccccc1. The van der Waals surface area contributed by atoms with Crippen molar-refractivity contribution in [2.45, 2.75) is 0 Å². The van der Waals surface area contributed by atoms with Crippen LogP contribution in [-0.4, -0.2) is 21.3 Å². The quantitative estimate of drug-likeness (QED) is 0.336. The lowest BCUT2D eigenvalue weighted by Gasteiger charge is -2.19. The second-order valence-electron chi connectivity index (χ2n) is 5.66. The Morgan fingerprint density at radius 3 is 0.903 bits per heavy atom. The molecule has 0 fully saturated rings. The van der Waals surface area contributed by atoms with Crippen LogP contribution in [0, 0.1) is 0 Å². The summed E-state index contributed by atoms with van der Waals surface area (Å²) in [5.41, 5.74) is 0. The summed E-state index contributed by atoms with van der Waals surface area (Å²) in [7, 11) is -3.27. The van der Waals surface area contributed by atoms with Crippen LogP contribution in [0.1, 0.15) is 0 Å². The third-order valence-electron chi connectivity index (χ3n) is 3.55. The lowest BCUT2D eigenvalue weighted by atomic mass is 10.3. The molecule has 8 nitrogen and oxygen atoms in total. The molecule has 0 heterocycles. The van der Waals surface area contributed by atoms with Gasteiger partial charge in [-0.1, -0.05) is 54.6 Å². The van der Waals surface area contributed by atoms with Crippen molar-refractivity contribution in [2.24, 2.45) is 0 Å². The number of hydrogen-bond acceptors (Lipinski definition) is 8. The monoisotopic (exact) mass is 466 g/mol. The van der Waals surface area contributed by atoms with Gasteiger partial charge in [-0.25, -0.2) is 4.57 Å². The molecule has 3 rings (SSSR count). The third-order valence-corrected chi connectivity index (χ3v) is 6.20. The van der Waals surface area contributed by atoms with Crippen LogP contribution in [0.3, 0.4) is 0 Å². The highest BCUT2D eigenvalue weighted by Gasteiger charge is 2.33. The summed E-state index contributed by atoms with van der Waals surface area (Å²) >= 11 is 0. The molecule has 0 aliphatic rings. The normalized spacial score (nSPS) is 11.1. The Balaban J connectivity index is 0.000000366. The van der Waals surface area contributed by atoms with Crippen molar-refractivity contribution in [1.29, 1.82) is 0 Å². The van der Waals surface area contributed by atoms with E-state index in [1.807, 2.05) is 18.2 Å². The maximum atomic E-state index is 13.1. The third kappa shape index (κ3) is 8.58. The molecule has 0 atom stereocenters. The largest absolute Gasteiger partial charge is 0.647 e. The van der Waals surface area contributed by atoms with Crippen LogP contribution < -0.4 is 13.6 Å². The van der Waals surface area contributed by atoms with Crippen LogP contribution in [0.2, 0.25) is 0 Å². The lowest BCUT2D eigenvalue weighted by Crippen LogP contribution is -2.07. The van der Waals surface area contributed by atoms with Gasteiger partial charge in [0.15, 0.2) is 0 Å². The Kier molecular flexibility index (Phi) is 9.79. The van der Waals surface area contributed by atoms with E-state index in [4.69, 9.17) is 13.6 Å². The van der Waals surface area contributed by atoms with Crippen molar-refractivity contribution in [1.82, 2.24) is 0 Å². The molecule has 0 bridgehead atoms. The molecule has 0 amide bonds. The van der Waals surface area contributed by atoms with Crippen molar-refractivity contribution in [3.8, 4) is 17.2 Å². The second kappa shape index (κ2) is 12.3. The van der Waals surface area contributed by atoms with E-state index in [0.717, 1.165) is 0 Å². The molecular formula is C21H24O8P2. The van der Waals surface area contributed by atoms with Gasteiger partial charge in [-0.15, -0.1) is 0 Å². The number of phosphoric ester groups is 2. The molecule has 3 aromatic rings. The standard InChI is InChI=1S/C18H15O4P.C3H9O4P/c19-23(20-16-10-4-1-5-11-16,21-17-12-6-2-7-13-17)22-18-14-8-3-9-15-18;1-5-8(4,6-2)7-3/h1-15H;1-3H3. The first-order valence-corrected chi connectivity index (χ1v) is 12.0. The smallest absolute Gasteiger partial charge is 0.386 e. The topological polar surface area (TPSA) is 89.5 Å². The molecule has 0 aliphatic carbocycles. The Morgan fingerprint density at radius 1 is 0.452 bits per heavy atom. The highest BCUT2D eigenvalue weighted by Crippen LogP contribution is 2.49. The zero-order valence-electron chi connectivity index (χ0n) is 17.3. The van der Waals surface area contributed by atoms with E-state index in [-0.39, 0.29) is 0 Å². The molecule has 3 aromatic carbocycles. The molecule has 0 unspecified atom stereocenters. The van der Waals surface area contributed by atoms with E-state index in [9.17, 15) is 9.13 Å². The van der Waals surface area contributed by atoms with Crippen LogP contribution in [0.4, 0.5) is 0 Å². The van der Waals surface area contributed by atoms with Crippen molar-refractivity contribution in [3.05, 3.63) is 91.0 Å². The Bertz CT molecular complexity index is 857. The molecule has 0 saturated heterocycles. The number of para-hydroxylation sites is 3. The molecule has 31 heavy (non-hydrogen) atoms. The number of rotatable bonds is 9. The second-order valence-corrected chi connectivity index (χ2v) is 9.09. The van der Waals surface area contributed by atoms with E-state index >= 15 is 0 Å². The van der Waals surface area contributed by atoms with Crippen LogP contribution in [0.15, 0.2) is 91.0 Å². The predicted molar refractivity (Wildman–Crippen MR) is 117 cm³/mol. The van der Waals surface area contributed by atoms with E-state index < -0.39 is 15.6 Å². The first kappa shape index (κ1) is 24.7. The van der Waals surface area contributed by atoms with E-state index in [1.54, 1.807) is 72.8 Å². The summed E-state index contributed by atoms with van der Waals surface area (Å²) in [6.07, 6.45) is 0. The number of phosphoric acid groups is 2. The Hall–Kier alpha value is -2.60. The average Bonchev–Trinajstić information content (AvgIpc) is 2.80. The number of benzene rings is 3. The fourth-order valence-electron chi connectivity index (χ4n) is 2.11. The van der Waals surface area contributed by atoms with Gasteiger partial charge in [-0.05, 0) is 36.4 Å². The minimum atomic E-state index is -3.89. The van der Waals surface area contributed by atoms with Crippen LogP contribution in [0.5, 0.6) is 17.2 Å². The highest BCUT2D eigenvalue weighted by atomic mass is 31.2. The highest BCUT2D eigenvalue weighted by molar-refractivity contribution is 7.49. The lowest BCUT2D eigenvalue weighted by molar-refractivity contribution is 0.178. The van der Waals surface area contributed by atoms with Gasteiger partial charge in [-0.2, -0.15) is 4.57 Å². The summed E-state index contributed by atoms with van der Waals surface area (Å²) in [5.74, 6) is 1.22. The molecule has 0 aliphatic heterocycles. The van der Waals surface area contributed by atoms with Gasteiger partial charge in [0.05, 0.1) is 0 Å². The summed E-state index contributed by atoms with van der Waals surface area (Å²) in [6, 6.07) is 26.4. The Morgan fingerprint density at radius 2 is 0.710 bits per heavy atom. The van der Waals surface area contributed by atoms with Crippen LogP contribution >= 0.6 is 15.6 Å². The average molecular weight is 466 g/mol. The predicted octanol–water partition coefficient (Wildman–Crippen LogP) is 6.37. The molecule has 0 aromatic heterocycles. The summed E-state index contributed by atoms with van der Waals surface area (Å²) in [5, 5.41) is 0.